The highest BCUT2D eigenvalue weighted by atomic mass is 16.3. The number of fused-ring (bicyclic) bond motifs is 6. The molecule has 3 heterocycles. The van der Waals surface area contributed by atoms with E-state index < -0.39 is 83.2 Å². The molecule has 50 heavy (non-hydrogen) atoms. The maximum Gasteiger partial charge on any atom is 0.166 e. The number of hydrogen-bond acceptors (Lipinski definition) is 4. The van der Waals surface area contributed by atoms with E-state index in [4.69, 9.17) is 23.6 Å². The lowest BCUT2D eigenvalue weighted by Gasteiger charge is -2.16. The molecule has 0 aliphatic carbocycles. The Hall–Kier alpha value is -6.85. The third-order valence-corrected chi connectivity index (χ3v) is 8.40. The second kappa shape index (κ2) is 11.4. The molecule has 5 nitrogen and oxygen atoms in total. The zero-order valence-electron chi connectivity index (χ0n) is 41.6. The standard InChI is InChI=1S/C45H28N4O/c1-3-14-29(15-4-1)43-46-44(30-16-5-2-6-17-30)48-45(47-43)37-27-26-31(32-21-13-22-36-35-20-9-12-25-41(35)50-42(32)36)28-40(37)49-38-23-10-7-18-33(38)34-19-8-11-24-39(34)49/h1-28H/i1D,2D,3D,4D,5D,6D,7D,8D,14D,15D,16D,17D,18D,19D,23D,24D. The number of furan rings is 1. The van der Waals surface area contributed by atoms with Crippen LogP contribution in [-0.4, -0.2) is 19.5 Å². The summed E-state index contributed by atoms with van der Waals surface area (Å²) >= 11 is 0. The predicted molar refractivity (Wildman–Crippen MR) is 203 cm³/mol. The smallest absolute Gasteiger partial charge is 0.166 e. The fourth-order valence-electron chi connectivity index (χ4n) is 6.25. The fourth-order valence-corrected chi connectivity index (χ4v) is 6.25. The number of hydrogen-bond donors (Lipinski definition) is 0. The Balaban J connectivity index is 1.39. The largest absolute Gasteiger partial charge is 0.455 e. The van der Waals surface area contributed by atoms with E-state index in [0.717, 1.165) is 22.9 Å². The van der Waals surface area contributed by atoms with Gasteiger partial charge in [0.15, 0.2) is 17.5 Å². The Morgan fingerprint density at radius 3 is 1.76 bits per heavy atom. The van der Waals surface area contributed by atoms with Crippen LogP contribution in [-0.2, 0) is 0 Å². The van der Waals surface area contributed by atoms with Gasteiger partial charge in [-0.25, -0.2) is 15.0 Å². The van der Waals surface area contributed by atoms with E-state index in [1.165, 1.54) is 4.57 Å². The molecular weight excluding hydrogens is 613 g/mol. The van der Waals surface area contributed by atoms with E-state index in [-0.39, 0.29) is 75.1 Å². The van der Waals surface area contributed by atoms with Crippen LogP contribution in [0.15, 0.2) is 174 Å². The normalized spacial score (nSPS) is 16.1. The van der Waals surface area contributed by atoms with Gasteiger partial charge in [0.05, 0.1) is 38.7 Å². The average molecular weight is 657 g/mol. The zero-order chi connectivity index (χ0) is 46.9. The van der Waals surface area contributed by atoms with E-state index in [9.17, 15) is 2.74 Å². The van der Waals surface area contributed by atoms with Crippen molar-refractivity contribution in [2.24, 2.45) is 0 Å². The fraction of sp³-hybridized carbons (Fsp3) is 0. The highest BCUT2D eigenvalue weighted by Gasteiger charge is 2.21. The summed E-state index contributed by atoms with van der Waals surface area (Å²) in [7, 11) is 0. The lowest BCUT2D eigenvalue weighted by Crippen LogP contribution is -2.04. The summed E-state index contributed by atoms with van der Waals surface area (Å²) in [5, 5.41) is 1.53. The van der Waals surface area contributed by atoms with Crippen molar-refractivity contribution >= 4 is 43.7 Å². The maximum atomic E-state index is 9.25. The van der Waals surface area contributed by atoms with Crippen LogP contribution in [0.5, 0.6) is 0 Å². The molecule has 3 aromatic heterocycles. The average Bonchev–Trinajstić information content (AvgIpc) is 3.88. The lowest BCUT2D eigenvalue weighted by molar-refractivity contribution is 0.670. The first kappa shape index (κ1) is 16.5. The monoisotopic (exact) mass is 656 g/mol. The highest BCUT2D eigenvalue weighted by Crippen LogP contribution is 2.41. The van der Waals surface area contributed by atoms with Gasteiger partial charge >= 0.3 is 0 Å². The molecule has 0 aliphatic rings. The SMILES string of the molecule is [2H]c1cc([2H])c2c(c1[2H])c1c([2H])c([2H])cc([2H])c1n2-c1cc(-c2cccc3c2oc2ccccc23)ccc1-c1nc(-c2c([2H])c([2H])c([2H])c([2H])c2[2H])nc(-c2c([2H])c([2H])c([2H])c([2H])c2[2H])n1. The Kier molecular flexibility index (Phi) is 3.76. The van der Waals surface area contributed by atoms with Gasteiger partial charge in [0.25, 0.3) is 0 Å². The summed E-state index contributed by atoms with van der Waals surface area (Å²) in [6.45, 7) is 0. The van der Waals surface area contributed by atoms with Crippen LogP contribution in [0.3, 0.4) is 0 Å². The van der Waals surface area contributed by atoms with Gasteiger partial charge in [-0.2, -0.15) is 0 Å². The van der Waals surface area contributed by atoms with Gasteiger partial charge in [0.1, 0.15) is 11.2 Å². The summed E-state index contributed by atoms with van der Waals surface area (Å²) in [4.78, 5) is 13.8. The number of rotatable bonds is 5. The van der Waals surface area contributed by atoms with Crippen LogP contribution < -0.4 is 0 Å². The minimum absolute atomic E-state index is 0.0234. The molecule has 7 aromatic carbocycles. The number of aromatic nitrogens is 4. The zero-order valence-corrected chi connectivity index (χ0v) is 25.6. The first-order valence-electron chi connectivity index (χ1n) is 23.4. The van der Waals surface area contributed by atoms with Crippen molar-refractivity contribution in [1.29, 1.82) is 0 Å². The van der Waals surface area contributed by atoms with E-state index >= 15 is 0 Å². The van der Waals surface area contributed by atoms with Crippen LogP contribution in [0.2, 0.25) is 0 Å². The Morgan fingerprint density at radius 2 is 1.08 bits per heavy atom. The first-order valence-corrected chi connectivity index (χ1v) is 15.4. The molecule has 0 N–H and O–H groups in total. The molecule has 0 saturated carbocycles. The van der Waals surface area contributed by atoms with Crippen molar-refractivity contribution in [2.45, 2.75) is 0 Å². The van der Waals surface area contributed by atoms with Gasteiger partial charge in [-0.1, -0.05) is 139 Å². The van der Waals surface area contributed by atoms with Crippen molar-refractivity contribution in [3.8, 4) is 51.0 Å². The number of para-hydroxylation sites is 4. The molecule has 10 aromatic rings. The van der Waals surface area contributed by atoms with E-state index in [1.54, 1.807) is 18.2 Å². The minimum Gasteiger partial charge on any atom is -0.455 e. The van der Waals surface area contributed by atoms with Crippen molar-refractivity contribution in [1.82, 2.24) is 19.5 Å². The minimum atomic E-state index is -0.724. The molecule has 5 heteroatoms. The van der Waals surface area contributed by atoms with Crippen molar-refractivity contribution in [3.05, 3.63) is 169 Å². The lowest BCUT2D eigenvalue weighted by atomic mass is 9.99. The molecule has 0 amide bonds. The van der Waals surface area contributed by atoms with Gasteiger partial charge in [-0.05, 0) is 35.8 Å². The molecular formula is C45H28N4O. The van der Waals surface area contributed by atoms with Crippen LogP contribution in [0.4, 0.5) is 0 Å². The third kappa shape index (κ3) is 4.52. The Bertz CT molecular complexity index is 3590. The van der Waals surface area contributed by atoms with Crippen molar-refractivity contribution in [2.75, 3.05) is 0 Å². The molecule has 0 unspecified atom stereocenters. The number of nitrogens with zero attached hydrogens (tertiary/aromatic N) is 4. The predicted octanol–water partition coefficient (Wildman–Crippen LogP) is 11.5. The Labute approximate surface area is 310 Å². The van der Waals surface area contributed by atoms with Gasteiger partial charge in [-0.15, -0.1) is 0 Å². The first-order chi connectivity index (χ1) is 31.4. The van der Waals surface area contributed by atoms with Crippen molar-refractivity contribution in [3.63, 3.8) is 0 Å². The molecule has 0 spiro atoms. The van der Waals surface area contributed by atoms with E-state index in [1.807, 2.05) is 42.5 Å². The third-order valence-electron chi connectivity index (χ3n) is 8.40. The highest BCUT2D eigenvalue weighted by molar-refractivity contribution is 6.11. The molecule has 0 atom stereocenters. The summed E-state index contributed by atoms with van der Waals surface area (Å²) < 4.78 is 147. The molecule has 0 radical (unpaired) electrons. The molecule has 10 rings (SSSR count). The van der Waals surface area contributed by atoms with Crippen LogP contribution in [0.25, 0.3) is 94.7 Å². The number of benzene rings is 7. The van der Waals surface area contributed by atoms with Crippen LogP contribution in [0, 0.1) is 0 Å². The van der Waals surface area contributed by atoms with Crippen LogP contribution >= 0.6 is 0 Å². The van der Waals surface area contributed by atoms with E-state index in [0.29, 0.717) is 22.3 Å². The summed E-state index contributed by atoms with van der Waals surface area (Å²) in [6.07, 6.45) is 0. The summed E-state index contributed by atoms with van der Waals surface area (Å²) in [5.74, 6) is -1.37. The van der Waals surface area contributed by atoms with Gasteiger partial charge in [-0.3, -0.25) is 0 Å². The molecule has 234 valence electrons. The summed E-state index contributed by atoms with van der Waals surface area (Å²) in [6, 6.07) is 11.1. The van der Waals surface area contributed by atoms with Gasteiger partial charge in [0.2, 0.25) is 0 Å². The van der Waals surface area contributed by atoms with E-state index in [2.05, 4.69) is 15.0 Å². The molecule has 0 bridgehead atoms. The molecule has 0 aliphatic heterocycles. The summed E-state index contributed by atoms with van der Waals surface area (Å²) in [5.41, 5.74) is 1.32. The quantitative estimate of drug-likeness (QED) is 0.185. The van der Waals surface area contributed by atoms with Gasteiger partial charge in [0, 0.05) is 43.8 Å². The molecule has 0 saturated heterocycles. The Morgan fingerprint density at radius 1 is 0.460 bits per heavy atom. The second-order valence-corrected chi connectivity index (χ2v) is 11.2. The second-order valence-electron chi connectivity index (χ2n) is 11.2. The topological polar surface area (TPSA) is 56.7 Å². The van der Waals surface area contributed by atoms with Crippen LogP contribution in [0.1, 0.15) is 21.9 Å². The maximum absolute atomic E-state index is 9.25. The van der Waals surface area contributed by atoms with Gasteiger partial charge < -0.3 is 8.98 Å². The molecule has 0 fully saturated rings. The van der Waals surface area contributed by atoms with Crippen molar-refractivity contribution < 1.29 is 26.3 Å².